The molecule has 0 aliphatic carbocycles. The molecular formula is C16H25N3O. The van der Waals surface area contributed by atoms with Crippen molar-refractivity contribution >= 4 is 5.91 Å². The lowest BCUT2D eigenvalue weighted by Crippen LogP contribution is -2.32. The van der Waals surface area contributed by atoms with Gasteiger partial charge in [-0.25, -0.2) is 0 Å². The van der Waals surface area contributed by atoms with E-state index >= 15 is 0 Å². The maximum atomic E-state index is 11.8. The minimum atomic E-state index is 0.167. The number of hydrogen-bond acceptors (Lipinski definition) is 3. The van der Waals surface area contributed by atoms with Gasteiger partial charge in [-0.1, -0.05) is 6.07 Å². The molecule has 1 aromatic rings. The van der Waals surface area contributed by atoms with Crippen molar-refractivity contribution in [3.05, 3.63) is 30.1 Å². The first kappa shape index (κ1) is 15.0. The Hall–Kier alpha value is -1.42. The number of rotatable bonds is 7. The highest BCUT2D eigenvalue weighted by molar-refractivity contribution is 5.75. The molecule has 110 valence electrons. The second kappa shape index (κ2) is 8.00. The van der Waals surface area contributed by atoms with Crippen molar-refractivity contribution in [1.29, 1.82) is 0 Å². The van der Waals surface area contributed by atoms with Gasteiger partial charge in [-0.2, -0.15) is 0 Å². The van der Waals surface area contributed by atoms with Gasteiger partial charge in [0, 0.05) is 31.4 Å². The second-order valence-corrected chi connectivity index (χ2v) is 5.59. The summed E-state index contributed by atoms with van der Waals surface area (Å²) >= 11 is 0. The van der Waals surface area contributed by atoms with Gasteiger partial charge in [0.25, 0.3) is 0 Å². The van der Waals surface area contributed by atoms with Crippen LogP contribution in [0.4, 0.5) is 0 Å². The zero-order valence-corrected chi connectivity index (χ0v) is 12.3. The summed E-state index contributed by atoms with van der Waals surface area (Å²) in [5.41, 5.74) is 1.17. The largest absolute Gasteiger partial charge is 0.356 e. The van der Waals surface area contributed by atoms with Gasteiger partial charge in [0.1, 0.15) is 0 Å². The number of carbonyl (C=O) groups excluding carboxylic acids is 1. The van der Waals surface area contributed by atoms with Crippen LogP contribution in [0.1, 0.15) is 38.2 Å². The number of aromatic nitrogens is 1. The third-order valence-electron chi connectivity index (χ3n) is 4.01. The molecule has 1 aromatic heterocycles. The van der Waals surface area contributed by atoms with E-state index in [0.29, 0.717) is 19.0 Å². The molecule has 1 atom stereocenters. The van der Waals surface area contributed by atoms with Gasteiger partial charge in [0.05, 0.1) is 0 Å². The van der Waals surface area contributed by atoms with Crippen molar-refractivity contribution in [2.75, 3.05) is 19.6 Å². The Morgan fingerprint density at radius 2 is 2.25 bits per heavy atom. The van der Waals surface area contributed by atoms with Gasteiger partial charge < -0.3 is 10.2 Å². The molecule has 1 saturated heterocycles. The molecule has 20 heavy (non-hydrogen) atoms. The van der Waals surface area contributed by atoms with Gasteiger partial charge in [0.2, 0.25) is 5.91 Å². The summed E-state index contributed by atoms with van der Waals surface area (Å²) in [5, 5.41) is 2.99. The van der Waals surface area contributed by atoms with Gasteiger partial charge in [-0.15, -0.1) is 0 Å². The molecule has 0 spiro atoms. The average molecular weight is 275 g/mol. The van der Waals surface area contributed by atoms with E-state index in [1.807, 2.05) is 18.3 Å². The molecule has 4 heteroatoms. The minimum absolute atomic E-state index is 0.167. The molecular weight excluding hydrogens is 250 g/mol. The van der Waals surface area contributed by atoms with Crippen LogP contribution < -0.4 is 5.32 Å². The average Bonchev–Trinajstić information content (AvgIpc) is 3.00. The van der Waals surface area contributed by atoms with E-state index in [4.69, 9.17) is 0 Å². The summed E-state index contributed by atoms with van der Waals surface area (Å²) in [6.07, 6.45) is 8.66. The lowest BCUT2D eigenvalue weighted by Gasteiger charge is -2.23. The zero-order valence-electron chi connectivity index (χ0n) is 12.3. The van der Waals surface area contributed by atoms with Crippen LogP contribution in [0.2, 0.25) is 0 Å². The molecule has 4 nitrogen and oxygen atoms in total. The molecule has 1 fully saturated rings. The number of hydrogen-bond donors (Lipinski definition) is 1. The monoisotopic (exact) mass is 275 g/mol. The summed E-state index contributed by atoms with van der Waals surface area (Å²) in [6.45, 7) is 5.32. The summed E-state index contributed by atoms with van der Waals surface area (Å²) in [6, 6.07) is 4.49. The first-order valence-electron chi connectivity index (χ1n) is 7.65. The van der Waals surface area contributed by atoms with Crippen LogP contribution in [0.5, 0.6) is 0 Å². The third-order valence-corrected chi connectivity index (χ3v) is 4.01. The zero-order chi connectivity index (χ0) is 14.2. The van der Waals surface area contributed by atoms with E-state index in [1.165, 1.54) is 31.5 Å². The number of nitrogens with one attached hydrogen (secondary N) is 1. The lowest BCUT2D eigenvalue weighted by molar-refractivity contribution is -0.121. The first-order chi connectivity index (χ1) is 9.75. The highest BCUT2D eigenvalue weighted by Crippen LogP contribution is 2.14. The van der Waals surface area contributed by atoms with Gasteiger partial charge in [-0.05, 0) is 57.3 Å². The van der Waals surface area contributed by atoms with Crippen LogP contribution in [-0.4, -0.2) is 41.5 Å². The fourth-order valence-electron chi connectivity index (χ4n) is 2.69. The van der Waals surface area contributed by atoms with Crippen LogP contribution in [0.15, 0.2) is 24.5 Å². The van der Waals surface area contributed by atoms with Crippen molar-refractivity contribution < 1.29 is 4.79 Å². The fraction of sp³-hybridized carbons (Fsp3) is 0.625. The van der Waals surface area contributed by atoms with Crippen LogP contribution in [0.3, 0.4) is 0 Å². The van der Waals surface area contributed by atoms with Gasteiger partial charge in [0.15, 0.2) is 0 Å². The van der Waals surface area contributed by atoms with Gasteiger partial charge >= 0.3 is 0 Å². The number of carbonyl (C=O) groups is 1. The quantitative estimate of drug-likeness (QED) is 0.828. The van der Waals surface area contributed by atoms with E-state index in [1.54, 1.807) is 6.20 Å². The normalized spacial score (nSPS) is 17.1. The van der Waals surface area contributed by atoms with Crippen LogP contribution in [0, 0.1) is 0 Å². The molecule has 0 radical (unpaired) electrons. The maximum absolute atomic E-state index is 11.8. The van der Waals surface area contributed by atoms with Crippen LogP contribution in [0.25, 0.3) is 0 Å². The predicted octanol–water partition coefficient (Wildman–Crippen LogP) is 2.00. The summed E-state index contributed by atoms with van der Waals surface area (Å²) in [7, 11) is 0. The lowest BCUT2D eigenvalue weighted by atomic mass is 10.1. The number of nitrogens with zero attached hydrogens (tertiary/aromatic N) is 2. The Bertz CT molecular complexity index is 401. The number of likely N-dealkylation sites (tertiary alicyclic amines) is 1. The number of pyridine rings is 1. The predicted molar refractivity (Wildman–Crippen MR) is 80.5 cm³/mol. The molecule has 1 N–H and O–H groups in total. The molecule has 0 bridgehead atoms. The third kappa shape index (κ3) is 4.93. The Labute approximate surface area is 121 Å². The Morgan fingerprint density at radius 3 is 2.95 bits per heavy atom. The fourth-order valence-corrected chi connectivity index (χ4v) is 2.69. The SMILES string of the molecule is CC(CCC(=O)NCCc1cccnc1)N1CCCC1. The highest BCUT2D eigenvalue weighted by Gasteiger charge is 2.18. The van der Waals surface area contributed by atoms with Gasteiger partial charge in [-0.3, -0.25) is 9.78 Å². The summed E-state index contributed by atoms with van der Waals surface area (Å²) in [4.78, 5) is 18.4. The van der Waals surface area contributed by atoms with E-state index < -0.39 is 0 Å². The maximum Gasteiger partial charge on any atom is 0.220 e. The standard InChI is InChI=1S/C16H25N3O/c1-14(19-11-2-3-12-19)6-7-16(20)18-10-8-15-5-4-9-17-13-15/h4-5,9,13-14H,2-3,6-8,10-12H2,1H3,(H,18,20). The molecule has 1 amide bonds. The smallest absolute Gasteiger partial charge is 0.220 e. The molecule has 1 aliphatic heterocycles. The topological polar surface area (TPSA) is 45.2 Å². The Kier molecular flexibility index (Phi) is 5.99. The second-order valence-electron chi connectivity index (χ2n) is 5.59. The van der Waals surface area contributed by atoms with Crippen molar-refractivity contribution in [3.8, 4) is 0 Å². The van der Waals surface area contributed by atoms with E-state index in [-0.39, 0.29) is 5.91 Å². The molecule has 2 rings (SSSR count). The van der Waals surface area contributed by atoms with Crippen molar-refractivity contribution in [2.24, 2.45) is 0 Å². The van der Waals surface area contributed by atoms with Crippen LogP contribution in [-0.2, 0) is 11.2 Å². The molecule has 2 heterocycles. The van der Waals surface area contributed by atoms with E-state index in [0.717, 1.165) is 12.8 Å². The molecule has 0 aromatic carbocycles. The van der Waals surface area contributed by atoms with E-state index in [9.17, 15) is 4.79 Å². The van der Waals surface area contributed by atoms with Crippen molar-refractivity contribution in [1.82, 2.24) is 15.2 Å². The Balaban J connectivity index is 1.58. The number of amides is 1. The highest BCUT2D eigenvalue weighted by atomic mass is 16.1. The molecule has 1 aliphatic rings. The molecule has 1 unspecified atom stereocenters. The van der Waals surface area contributed by atoms with Crippen molar-refractivity contribution in [3.63, 3.8) is 0 Å². The molecule has 0 saturated carbocycles. The van der Waals surface area contributed by atoms with Crippen molar-refractivity contribution in [2.45, 2.75) is 45.1 Å². The first-order valence-corrected chi connectivity index (χ1v) is 7.65. The summed E-state index contributed by atoms with van der Waals surface area (Å²) in [5.74, 6) is 0.167. The van der Waals surface area contributed by atoms with E-state index in [2.05, 4.69) is 22.1 Å². The summed E-state index contributed by atoms with van der Waals surface area (Å²) < 4.78 is 0. The van der Waals surface area contributed by atoms with Crippen LogP contribution >= 0.6 is 0 Å². The minimum Gasteiger partial charge on any atom is -0.356 e. The Morgan fingerprint density at radius 1 is 1.45 bits per heavy atom.